The van der Waals surface area contributed by atoms with Gasteiger partial charge in [0.25, 0.3) is 0 Å². The number of H-pyrrole nitrogens is 2. The van der Waals surface area contributed by atoms with Gasteiger partial charge in [0.1, 0.15) is 23.7 Å². The maximum absolute atomic E-state index is 12.7. The molecule has 0 bridgehead atoms. The van der Waals surface area contributed by atoms with Crippen LogP contribution in [-0.4, -0.2) is 118 Å². The van der Waals surface area contributed by atoms with Crippen LogP contribution in [0.3, 0.4) is 0 Å². The van der Waals surface area contributed by atoms with Crippen molar-refractivity contribution < 1.29 is 24.5 Å². The lowest BCUT2D eigenvalue weighted by molar-refractivity contribution is -0.136. The van der Waals surface area contributed by atoms with Gasteiger partial charge in [0.05, 0.1) is 47.5 Å². The third kappa shape index (κ3) is 6.91. The number of nitrogens with two attached hydrogens (primary N) is 2. The lowest BCUT2D eigenvalue weighted by Crippen LogP contribution is -2.58. The van der Waals surface area contributed by atoms with Gasteiger partial charge in [0.2, 0.25) is 11.8 Å². The smallest absolute Gasteiger partial charge is 0.242 e. The Hall–Kier alpha value is -5.46. The number of carbonyl (C=O) groups is 2. The number of aromatic nitrogens is 8. The van der Waals surface area contributed by atoms with Crippen LogP contribution in [0.1, 0.15) is 88.0 Å². The van der Waals surface area contributed by atoms with E-state index in [0.717, 1.165) is 82.3 Å². The van der Waals surface area contributed by atoms with Gasteiger partial charge in [-0.1, -0.05) is 26.0 Å². The van der Waals surface area contributed by atoms with Crippen molar-refractivity contribution in [2.45, 2.75) is 103 Å². The number of primary amides is 2. The van der Waals surface area contributed by atoms with Crippen LogP contribution in [0, 0.1) is 22.7 Å². The van der Waals surface area contributed by atoms with Crippen LogP contribution in [0.2, 0.25) is 0 Å². The largest absolute Gasteiger partial charge is 0.412 e. The number of hydrogen-bond donors (Lipinski definition) is 4. The fraction of sp³-hybridized carbons (Fsp3) is 0.542. The van der Waals surface area contributed by atoms with Crippen LogP contribution in [0.25, 0.3) is 33.7 Å². The lowest BCUT2D eigenvalue weighted by atomic mass is 9.88. The Morgan fingerprint density at radius 3 is 1.51 bits per heavy atom. The molecule has 2 saturated heterocycles. The maximum Gasteiger partial charge on any atom is 0.242 e. The van der Waals surface area contributed by atoms with Crippen molar-refractivity contribution in [1.82, 2.24) is 49.3 Å². The van der Waals surface area contributed by atoms with Crippen LogP contribution in [0.4, 0.5) is 0 Å². The van der Waals surface area contributed by atoms with Crippen molar-refractivity contribution in [3.8, 4) is 11.6 Å². The average Bonchev–Trinajstić information content (AvgIpc) is 3.68. The van der Waals surface area contributed by atoms with Gasteiger partial charge in [0.15, 0.2) is 11.6 Å². The summed E-state index contributed by atoms with van der Waals surface area (Å²) in [5.41, 5.74) is 21.5. The normalized spacial score (nSPS) is 28.9. The van der Waals surface area contributed by atoms with Crippen LogP contribution < -0.4 is 11.5 Å². The molecule has 8 N–H and O–H groups in total. The predicted octanol–water partition coefficient (Wildman–Crippen LogP) is 3.76. The Labute approximate surface area is 377 Å². The van der Waals surface area contributed by atoms with Gasteiger partial charge in [-0.25, -0.2) is 9.97 Å². The second-order valence-corrected chi connectivity index (χ2v) is 20.6. The highest BCUT2D eigenvalue weighted by atomic mass is 16.5. The summed E-state index contributed by atoms with van der Waals surface area (Å²) >= 11 is 0. The van der Waals surface area contributed by atoms with Gasteiger partial charge in [-0.15, -0.1) is 0 Å². The minimum Gasteiger partial charge on any atom is -0.412 e. The number of fused-ring (bicyclic) bond motifs is 6. The maximum atomic E-state index is 12.7. The van der Waals surface area contributed by atoms with Gasteiger partial charge >= 0.3 is 0 Å². The van der Waals surface area contributed by atoms with E-state index in [9.17, 15) is 9.59 Å². The van der Waals surface area contributed by atoms with E-state index in [2.05, 4.69) is 63.1 Å². The quantitative estimate of drug-likeness (QED) is 0.173. The molecule has 65 heavy (non-hydrogen) atoms. The molecule has 12 rings (SSSR count). The second kappa shape index (κ2) is 15.3. The van der Waals surface area contributed by atoms with Crippen molar-refractivity contribution in [3.63, 3.8) is 0 Å². The van der Waals surface area contributed by atoms with Crippen molar-refractivity contribution >= 4 is 33.9 Å². The highest BCUT2D eigenvalue weighted by Crippen LogP contribution is 2.60. The van der Waals surface area contributed by atoms with E-state index in [4.69, 9.17) is 20.9 Å². The summed E-state index contributed by atoms with van der Waals surface area (Å²) in [4.78, 5) is 38.9. The molecule has 344 valence electrons. The van der Waals surface area contributed by atoms with Crippen LogP contribution in [-0.2, 0) is 55.8 Å². The van der Waals surface area contributed by atoms with Crippen molar-refractivity contribution in [2.24, 2.45) is 34.1 Å². The third-order valence-electron chi connectivity index (χ3n) is 16.4. The van der Waals surface area contributed by atoms with Crippen LogP contribution >= 0.6 is 0 Å². The second-order valence-electron chi connectivity index (χ2n) is 20.6. The summed E-state index contributed by atoms with van der Waals surface area (Å²) in [6.07, 6.45) is 10.7. The Balaban J connectivity index is 0.000000151. The van der Waals surface area contributed by atoms with Crippen LogP contribution in [0.5, 0.6) is 0 Å². The van der Waals surface area contributed by atoms with Gasteiger partial charge in [-0.3, -0.25) is 38.7 Å². The third-order valence-corrected chi connectivity index (χ3v) is 16.4. The molecular weight excluding hydrogens is 825 g/mol. The molecule has 2 amide bonds. The number of carbonyl (C=O) groups excluding carboxylic acids is 2. The molecule has 6 aromatic rings. The Bertz CT molecular complexity index is 2660. The highest BCUT2D eigenvalue weighted by Gasteiger charge is 2.55. The molecule has 2 aromatic carbocycles. The zero-order valence-electron chi connectivity index (χ0n) is 38.3. The Morgan fingerprint density at radius 1 is 0.708 bits per heavy atom. The summed E-state index contributed by atoms with van der Waals surface area (Å²) in [5, 5.41) is 15.9. The van der Waals surface area contributed by atoms with Crippen molar-refractivity contribution in [1.29, 1.82) is 0 Å². The first kappa shape index (κ1) is 43.4. The molecule has 17 nitrogen and oxygen atoms in total. The molecule has 0 radical (unpaired) electrons. The van der Waals surface area contributed by atoms with Gasteiger partial charge in [0, 0.05) is 48.7 Å². The number of nitrogens with zero attached hydrogens (tertiary/aromatic N) is 8. The van der Waals surface area contributed by atoms with Crippen molar-refractivity contribution in [2.75, 3.05) is 39.4 Å². The number of aromatic amines is 2. The lowest BCUT2D eigenvalue weighted by Gasteiger charge is -2.43. The fourth-order valence-electron chi connectivity index (χ4n) is 11.7. The molecular formula is C48H62N12O5. The summed E-state index contributed by atoms with van der Waals surface area (Å²) in [6.45, 7) is 16.4. The number of amides is 2. The molecule has 2 aliphatic heterocycles. The average molecular weight is 887 g/mol. The zero-order chi connectivity index (χ0) is 44.5. The first-order valence-corrected chi connectivity index (χ1v) is 23.0. The zero-order valence-corrected chi connectivity index (χ0v) is 38.3. The minimum atomic E-state index is -0.919. The van der Waals surface area contributed by atoms with E-state index in [1.54, 1.807) is 0 Å². The Morgan fingerprint density at radius 2 is 1.12 bits per heavy atom. The topological polar surface area (TPSA) is 236 Å². The first-order valence-electron chi connectivity index (χ1n) is 23.0. The molecule has 8 atom stereocenters. The predicted molar refractivity (Wildman–Crippen MR) is 244 cm³/mol. The van der Waals surface area contributed by atoms with Gasteiger partial charge in [-0.2, -0.15) is 10.2 Å². The monoisotopic (exact) mass is 886 g/mol. The molecule has 2 saturated carbocycles. The van der Waals surface area contributed by atoms with E-state index in [0.29, 0.717) is 50.2 Å². The van der Waals surface area contributed by atoms with Gasteiger partial charge < -0.3 is 26.4 Å². The molecule has 4 unspecified atom stereocenters. The number of rotatable bonds is 8. The summed E-state index contributed by atoms with van der Waals surface area (Å²) in [7, 11) is 0. The summed E-state index contributed by atoms with van der Waals surface area (Å²) < 4.78 is 15.5. The molecule has 4 aliphatic carbocycles. The molecule has 6 aliphatic rings. The molecule has 17 heteroatoms. The molecule has 4 aromatic heterocycles. The van der Waals surface area contributed by atoms with E-state index in [1.807, 2.05) is 76.7 Å². The Kier molecular flexibility index (Phi) is 10.2. The minimum absolute atomic E-state index is 0. The number of nitrogens with one attached hydrogen (secondary N) is 2. The SMILES string of the molecule is CC1CN(C(C)(C(N)=O)c2ccc3c(c2)ncn3-c2n[nH]c3c2C[C@@H]2C[C@]2(C)C3)CCO1.CC1CN(C(C)(C(N)=O)c2ccc3c(c2)ncn3-c2n[nH]c3c2C[C@@H]2C[C@]2(C)C3)CCO1.O. The molecule has 6 heterocycles. The molecule has 4 fully saturated rings. The van der Waals surface area contributed by atoms with E-state index in [-0.39, 0.29) is 29.5 Å². The standard InChI is InChI=1S/2C24H30N6O2.H2O/c2*1-14-12-29(6-7-32-14)24(3,22(25)31)15-4-5-20-18(9-15)26-13-30(20)21-17-8-16-10-23(16,2)11-19(17)27-28-21;/h2*4-5,9,13-14,16H,6-8,10-12H2,1-3H3,(H2,25,31)(H,27,28);1H2/t2*14?,16-,23-,24?;/m11./s1. The van der Waals surface area contributed by atoms with Gasteiger partial charge in [-0.05, 0) is 124 Å². The molecule has 0 spiro atoms. The first-order chi connectivity index (χ1) is 30.6. The van der Waals surface area contributed by atoms with E-state index in [1.165, 1.54) is 35.4 Å². The number of ether oxygens (including phenoxy) is 2. The summed E-state index contributed by atoms with van der Waals surface area (Å²) in [5.74, 6) is 2.70. The van der Waals surface area contributed by atoms with E-state index >= 15 is 0 Å². The van der Waals surface area contributed by atoms with Crippen molar-refractivity contribution in [3.05, 3.63) is 82.7 Å². The van der Waals surface area contributed by atoms with Crippen LogP contribution in [0.15, 0.2) is 49.1 Å². The number of imidazole rings is 2. The number of morpholine rings is 2. The fourth-order valence-corrected chi connectivity index (χ4v) is 11.7. The summed E-state index contributed by atoms with van der Waals surface area (Å²) in [6, 6.07) is 12.1. The number of benzene rings is 2. The van der Waals surface area contributed by atoms with E-state index < -0.39 is 11.1 Å². The highest BCUT2D eigenvalue weighted by molar-refractivity contribution is 5.89. The number of hydrogen-bond acceptors (Lipinski definition) is 10.